The Morgan fingerprint density at radius 2 is 1.76 bits per heavy atom. The summed E-state index contributed by atoms with van der Waals surface area (Å²) in [6.45, 7) is 6.84. The first-order valence-corrected chi connectivity index (χ1v) is 8.78. The highest BCUT2D eigenvalue weighted by atomic mass is 15.2. The van der Waals surface area contributed by atoms with Crippen LogP contribution in [0.3, 0.4) is 0 Å². The van der Waals surface area contributed by atoms with Crippen molar-refractivity contribution in [2.45, 2.75) is 63.5 Å². The highest BCUT2D eigenvalue weighted by molar-refractivity contribution is 5.28. The molecule has 0 heterocycles. The van der Waals surface area contributed by atoms with Crippen molar-refractivity contribution in [3.05, 3.63) is 35.9 Å². The minimum atomic E-state index is 0.275. The first-order chi connectivity index (χ1) is 10.2. The van der Waals surface area contributed by atoms with Crippen LogP contribution in [0.2, 0.25) is 0 Å². The van der Waals surface area contributed by atoms with Gasteiger partial charge in [-0.2, -0.15) is 0 Å². The lowest BCUT2D eigenvalue weighted by Crippen LogP contribution is -2.59. The Kier molecular flexibility index (Phi) is 4.37. The van der Waals surface area contributed by atoms with Gasteiger partial charge in [0.2, 0.25) is 0 Å². The topological polar surface area (TPSA) is 29.3 Å². The number of rotatable bonds is 6. The van der Waals surface area contributed by atoms with Crippen molar-refractivity contribution in [1.82, 2.24) is 4.90 Å². The van der Waals surface area contributed by atoms with Crippen molar-refractivity contribution in [3.63, 3.8) is 0 Å². The molecule has 2 nitrogen and oxygen atoms in total. The van der Waals surface area contributed by atoms with Crippen LogP contribution in [-0.4, -0.2) is 29.6 Å². The second-order valence-electron chi connectivity index (χ2n) is 6.93. The van der Waals surface area contributed by atoms with E-state index in [4.69, 9.17) is 5.73 Å². The van der Waals surface area contributed by atoms with Crippen molar-refractivity contribution in [2.24, 2.45) is 11.7 Å². The summed E-state index contributed by atoms with van der Waals surface area (Å²) in [6.07, 6.45) is 6.59. The van der Waals surface area contributed by atoms with Gasteiger partial charge >= 0.3 is 0 Å². The van der Waals surface area contributed by atoms with Crippen molar-refractivity contribution in [3.8, 4) is 0 Å². The largest absolute Gasteiger partial charge is 0.326 e. The van der Waals surface area contributed by atoms with Gasteiger partial charge in [0.1, 0.15) is 0 Å². The maximum absolute atomic E-state index is 6.86. The Hall–Kier alpha value is -0.860. The van der Waals surface area contributed by atoms with Gasteiger partial charge in [-0.15, -0.1) is 0 Å². The lowest BCUT2D eigenvalue weighted by atomic mass is 9.82. The smallest absolute Gasteiger partial charge is 0.0363 e. The predicted molar refractivity (Wildman–Crippen MR) is 89.4 cm³/mol. The average molecular weight is 286 g/mol. The summed E-state index contributed by atoms with van der Waals surface area (Å²) in [6, 6.07) is 11.3. The van der Waals surface area contributed by atoms with E-state index in [1.54, 1.807) is 0 Å². The number of nitrogens with two attached hydrogens (primary N) is 1. The zero-order valence-corrected chi connectivity index (χ0v) is 13.6. The summed E-state index contributed by atoms with van der Waals surface area (Å²) >= 11 is 0. The van der Waals surface area contributed by atoms with E-state index in [2.05, 4.69) is 49.1 Å². The van der Waals surface area contributed by atoms with Crippen molar-refractivity contribution in [1.29, 1.82) is 0 Å². The maximum Gasteiger partial charge on any atom is 0.0363 e. The summed E-state index contributed by atoms with van der Waals surface area (Å²) in [5.41, 5.74) is 8.62. The summed E-state index contributed by atoms with van der Waals surface area (Å²) < 4.78 is 0. The fourth-order valence-electron chi connectivity index (χ4n) is 4.79. The van der Waals surface area contributed by atoms with Crippen LogP contribution in [0.4, 0.5) is 0 Å². The molecule has 21 heavy (non-hydrogen) atoms. The lowest BCUT2D eigenvalue weighted by Gasteiger charge is -2.45. The van der Waals surface area contributed by atoms with Gasteiger partial charge in [0.05, 0.1) is 0 Å². The number of hydrogen-bond acceptors (Lipinski definition) is 2. The SMILES string of the molecule is CCN(CC)C1(C(N)C2CC2c2ccccc2)CCCC1. The molecule has 1 aromatic rings. The molecule has 2 saturated carbocycles. The summed E-state index contributed by atoms with van der Waals surface area (Å²) in [5, 5.41) is 0. The Morgan fingerprint density at radius 3 is 2.33 bits per heavy atom. The van der Waals surface area contributed by atoms with Crippen LogP contribution in [0.1, 0.15) is 57.4 Å². The van der Waals surface area contributed by atoms with E-state index in [1.165, 1.54) is 37.7 Å². The second-order valence-corrected chi connectivity index (χ2v) is 6.93. The molecule has 0 radical (unpaired) electrons. The molecule has 3 rings (SSSR count). The molecule has 0 saturated heterocycles. The van der Waals surface area contributed by atoms with Gasteiger partial charge < -0.3 is 5.73 Å². The normalized spacial score (nSPS) is 28.8. The van der Waals surface area contributed by atoms with Crippen LogP contribution in [0.25, 0.3) is 0 Å². The highest BCUT2D eigenvalue weighted by Crippen LogP contribution is 2.54. The molecule has 1 aromatic carbocycles. The fraction of sp³-hybridized carbons (Fsp3) is 0.684. The number of benzene rings is 1. The zero-order valence-electron chi connectivity index (χ0n) is 13.6. The Labute approximate surface area is 129 Å². The maximum atomic E-state index is 6.86. The first-order valence-electron chi connectivity index (χ1n) is 8.78. The van der Waals surface area contributed by atoms with Gasteiger partial charge in [0.25, 0.3) is 0 Å². The minimum absolute atomic E-state index is 0.275. The average Bonchev–Trinajstić information content (AvgIpc) is 3.18. The van der Waals surface area contributed by atoms with Crippen LogP contribution >= 0.6 is 0 Å². The van der Waals surface area contributed by atoms with Gasteiger partial charge in [-0.25, -0.2) is 0 Å². The van der Waals surface area contributed by atoms with Crippen LogP contribution in [0, 0.1) is 5.92 Å². The molecule has 2 aliphatic carbocycles. The molecule has 3 unspecified atom stereocenters. The standard InChI is InChI=1S/C19H30N2/c1-3-21(4-2)19(12-8-9-13-19)18(20)17-14-16(17)15-10-6-5-7-11-15/h5-7,10-11,16-18H,3-4,8-9,12-14,20H2,1-2H3. The highest BCUT2D eigenvalue weighted by Gasteiger charge is 2.53. The summed E-state index contributed by atoms with van der Waals surface area (Å²) in [4.78, 5) is 2.66. The molecular formula is C19H30N2. The van der Waals surface area contributed by atoms with Crippen LogP contribution in [0.5, 0.6) is 0 Å². The third kappa shape index (κ3) is 2.64. The van der Waals surface area contributed by atoms with E-state index in [0.29, 0.717) is 17.9 Å². The Balaban J connectivity index is 1.76. The minimum Gasteiger partial charge on any atom is -0.326 e. The second kappa shape index (κ2) is 6.10. The van der Waals surface area contributed by atoms with Gasteiger partial charge in [-0.05, 0) is 49.8 Å². The third-order valence-electron chi connectivity index (χ3n) is 6.01. The van der Waals surface area contributed by atoms with E-state index in [-0.39, 0.29) is 5.54 Å². The van der Waals surface area contributed by atoms with E-state index in [0.717, 1.165) is 13.1 Å². The van der Waals surface area contributed by atoms with Crippen LogP contribution < -0.4 is 5.73 Å². The molecule has 2 fully saturated rings. The van der Waals surface area contributed by atoms with Gasteiger partial charge in [0.15, 0.2) is 0 Å². The monoisotopic (exact) mass is 286 g/mol. The molecule has 0 spiro atoms. The number of nitrogens with zero attached hydrogens (tertiary/aromatic N) is 1. The van der Waals surface area contributed by atoms with E-state index in [9.17, 15) is 0 Å². The predicted octanol–water partition coefficient (Wildman–Crippen LogP) is 3.77. The van der Waals surface area contributed by atoms with Gasteiger partial charge in [-0.3, -0.25) is 4.90 Å². The van der Waals surface area contributed by atoms with Gasteiger partial charge in [-0.1, -0.05) is 57.0 Å². The van der Waals surface area contributed by atoms with E-state index < -0.39 is 0 Å². The summed E-state index contributed by atoms with van der Waals surface area (Å²) in [5.74, 6) is 1.39. The number of likely N-dealkylation sites (N-methyl/N-ethyl adjacent to an activating group) is 1. The molecule has 2 N–H and O–H groups in total. The van der Waals surface area contributed by atoms with Crippen LogP contribution in [0.15, 0.2) is 30.3 Å². The fourth-order valence-corrected chi connectivity index (χ4v) is 4.79. The molecule has 2 heteroatoms. The molecule has 116 valence electrons. The summed E-state index contributed by atoms with van der Waals surface area (Å²) in [7, 11) is 0. The molecule has 3 atom stereocenters. The lowest BCUT2D eigenvalue weighted by molar-refractivity contribution is 0.0689. The quantitative estimate of drug-likeness (QED) is 0.862. The molecule has 0 amide bonds. The first kappa shape index (κ1) is 15.1. The van der Waals surface area contributed by atoms with E-state index in [1.807, 2.05) is 0 Å². The molecule has 2 aliphatic rings. The Morgan fingerprint density at radius 1 is 1.14 bits per heavy atom. The number of hydrogen-bond donors (Lipinski definition) is 1. The third-order valence-corrected chi connectivity index (χ3v) is 6.01. The molecular weight excluding hydrogens is 256 g/mol. The Bertz CT molecular complexity index is 446. The van der Waals surface area contributed by atoms with Gasteiger partial charge in [0, 0.05) is 11.6 Å². The molecule has 0 bridgehead atoms. The van der Waals surface area contributed by atoms with Crippen molar-refractivity contribution >= 4 is 0 Å². The van der Waals surface area contributed by atoms with Crippen molar-refractivity contribution in [2.75, 3.05) is 13.1 Å². The van der Waals surface area contributed by atoms with Crippen LogP contribution in [-0.2, 0) is 0 Å². The molecule has 0 aliphatic heterocycles. The molecule has 0 aromatic heterocycles. The van der Waals surface area contributed by atoms with Crippen molar-refractivity contribution < 1.29 is 0 Å². The van der Waals surface area contributed by atoms with E-state index >= 15 is 0 Å². The zero-order chi connectivity index (χ0) is 14.9.